The minimum absolute atomic E-state index is 0.160. The molecule has 0 aliphatic rings. The van der Waals surface area contributed by atoms with Gasteiger partial charge < -0.3 is 5.11 Å². The molecule has 0 aromatic heterocycles. The van der Waals surface area contributed by atoms with Crippen LogP contribution in [0.3, 0.4) is 0 Å². The molecule has 0 aliphatic carbocycles. The summed E-state index contributed by atoms with van der Waals surface area (Å²) in [7, 11) is 0. The van der Waals surface area contributed by atoms with Gasteiger partial charge in [0, 0.05) is 10.6 Å². The molecule has 1 atom stereocenters. The van der Waals surface area contributed by atoms with E-state index < -0.39 is 17.7 Å². The summed E-state index contributed by atoms with van der Waals surface area (Å²) in [5.74, 6) is -3.66. The Morgan fingerprint density at radius 2 is 2.29 bits per heavy atom. The Hall–Kier alpha value is -1.60. The third kappa shape index (κ3) is 2.01. The Balaban J connectivity index is 3.19. The van der Waals surface area contributed by atoms with E-state index in [0.29, 0.717) is 0 Å². The van der Waals surface area contributed by atoms with Crippen molar-refractivity contribution in [2.24, 2.45) is 0 Å². The third-order valence-corrected chi connectivity index (χ3v) is 1.88. The lowest BCUT2D eigenvalue weighted by Gasteiger charge is -2.05. The molecule has 0 radical (unpaired) electrons. The first-order valence-electron chi connectivity index (χ1n) is 3.63. The van der Waals surface area contributed by atoms with Gasteiger partial charge in [-0.25, -0.2) is 4.39 Å². The summed E-state index contributed by atoms with van der Waals surface area (Å²) < 4.78 is 13.1. The molecular weight excluding hydrogens is 209 g/mol. The predicted molar refractivity (Wildman–Crippen MR) is 47.4 cm³/mol. The fourth-order valence-electron chi connectivity index (χ4n) is 0.993. The number of carboxylic acids is 1. The molecule has 1 aromatic carbocycles. The summed E-state index contributed by atoms with van der Waals surface area (Å²) in [6.45, 7) is 0. The Morgan fingerprint density at radius 3 is 2.71 bits per heavy atom. The number of nitriles is 1. The van der Waals surface area contributed by atoms with Gasteiger partial charge in [0.15, 0.2) is 5.92 Å². The molecule has 0 fully saturated rings. The van der Waals surface area contributed by atoms with Gasteiger partial charge in [-0.2, -0.15) is 5.26 Å². The Kier molecular flexibility index (Phi) is 3.05. The predicted octanol–water partition coefficient (Wildman–Crippen LogP) is 2.17. The number of rotatable bonds is 2. The maximum Gasteiger partial charge on any atom is 0.325 e. The minimum Gasteiger partial charge on any atom is -0.480 e. The lowest BCUT2D eigenvalue weighted by atomic mass is 10.0. The van der Waals surface area contributed by atoms with E-state index in [4.69, 9.17) is 22.0 Å². The van der Waals surface area contributed by atoms with Crippen LogP contribution in [0.15, 0.2) is 18.2 Å². The van der Waals surface area contributed by atoms with Crippen LogP contribution in [0.4, 0.5) is 4.39 Å². The summed E-state index contributed by atoms with van der Waals surface area (Å²) in [5, 5.41) is 17.3. The molecule has 0 heterocycles. The topological polar surface area (TPSA) is 61.1 Å². The second kappa shape index (κ2) is 4.07. The molecule has 0 aliphatic heterocycles. The number of hydrogen-bond acceptors (Lipinski definition) is 2. The maximum atomic E-state index is 13.1. The Bertz CT molecular complexity index is 414. The average Bonchev–Trinajstić information content (AvgIpc) is 2.09. The van der Waals surface area contributed by atoms with Gasteiger partial charge in [0.05, 0.1) is 6.07 Å². The molecule has 1 unspecified atom stereocenters. The molecular formula is C9H5ClFNO2. The van der Waals surface area contributed by atoms with E-state index in [2.05, 4.69) is 0 Å². The number of carbonyl (C=O) groups is 1. The number of carboxylic acid groups (broad SMARTS) is 1. The van der Waals surface area contributed by atoms with E-state index in [1.54, 1.807) is 0 Å². The summed E-state index contributed by atoms with van der Waals surface area (Å²) in [5.41, 5.74) is -0.176. The van der Waals surface area contributed by atoms with Crippen LogP contribution in [0.25, 0.3) is 0 Å². The van der Waals surface area contributed by atoms with E-state index in [1.165, 1.54) is 18.2 Å². The van der Waals surface area contributed by atoms with Crippen LogP contribution in [0.2, 0.25) is 5.02 Å². The standard InChI is InChI=1S/C9H5ClFNO2/c10-5-1-2-6(8(11)3-5)7(4-12)9(13)14/h1-3,7H,(H,13,14). The van der Waals surface area contributed by atoms with Crippen LogP contribution in [-0.2, 0) is 4.79 Å². The highest BCUT2D eigenvalue weighted by Crippen LogP contribution is 2.22. The van der Waals surface area contributed by atoms with Crippen LogP contribution in [0.1, 0.15) is 11.5 Å². The van der Waals surface area contributed by atoms with Crippen molar-refractivity contribution < 1.29 is 14.3 Å². The highest BCUT2D eigenvalue weighted by molar-refractivity contribution is 6.30. The number of halogens is 2. The van der Waals surface area contributed by atoms with E-state index in [-0.39, 0.29) is 10.6 Å². The van der Waals surface area contributed by atoms with Crippen molar-refractivity contribution >= 4 is 17.6 Å². The van der Waals surface area contributed by atoms with Crippen molar-refractivity contribution in [1.29, 1.82) is 5.26 Å². The molecule has 5 heteroatoms. The van der Waals surface area contributed by atoms with Crippen molar-refractivity contribution in [3.05, 3.63) is 34.6 Å². The van der Waals surface area contributed by atoms with Crippen molar-refractivity contribution in [3.63, 3.8) is 0 Å². The summed E-state index contributed by atoms with van der Waals surface area (Å²) in [6, 6.07) is 5.01. The second-order valence-electron chi connectivity index (χ2n) is 2.57. The van der Waals surface area contributed by atoms with Crippen LogP contribution >= 0.6 is 11.6 Å². The molecule has 1 aromatic rings. The third-order valence-electron chi connectivity index (χ3n) is 1.65. The molecule has 72 valence electrons. The summed E-state index contributed by atoms with van der Waals surface area (Å²) in [6.07, 6.45) is 0. The average molecular weight is 214 g/mol. The quantitative estimate of drug-likeness (QED) is 0.819. The van der Waals surface area contributed by atoms with Crippen LogP contribution in [0.5, 0.6) is 0 Å². The molecule has 0 saturated heterocycles. The molecule has 14 heavy (non-hydrogen) atoms. The molecule has 1 N–H and O–H groups in total. The molecule has 0 bridgehead atoms. The summed E-state index contributed by atoms with van der Waals surface area (Å²) in [4.78, 5) is 10.5. The van der Waals surface area contributed by atoms with E-state index in [0.717, 1.165) is 6.07 Å². The van der Waals surface area contributed by atoms with Crippen molar-refractivity contribution in [2.45, 2.75) is 5.92 Å². The van der Waals surface area contributed by atoms with Crippen molar-refractivity contribution in [1.82, 2.24) is 0 Å². The van der Waals surface area contributed by atoms with Gasteiger partial charge >= 0.3 is 5.97 Å². The molecule has 0 amide bonds. The van der Waals surface area contributed by atoms with Gasteiger partial charge in [-0.3, -0.25) is 4.79 Å². The van der Waals surface area contributed by atoms with Crippen LogP contribution < -0.4 is 0 Å². The fraction of sp³-hybridized carbons (Fsp3) is 0.111. The van der Waals surface area contributed by atoms with Gasteiger partial charge in [-0.05, 0) is 12.1 Å². The van der Waals surface area contributed by atoms with Gasteiger partial charge in [0.1, 0.15) is 5.82 Å². The smallest absolute Gasteiger partial charge is 0.325 e. The van der Waals surface area contributed by atoms with Gasteiger partial charge in [0.2, 0.25) is 0 Å². The number of benzene rings is 1. The molecule has 0 spiro atoms. The molecule has 1 rings (SSSR count). The highest BCUT2D eigenvalue weighted by Gasteiger charge is 2.22. The first-order valence-corrected chi connectivity index (χ1v) is 4.01. The number of aliphatic carboxylic acids is 1. The Morgan fingerprint density at radius 1 is 1.64 bits per heavy atom. The van der Waals surface area contributed by atoms with E-state index in [9.17, 15) is 9.18 Å². The van der Waals surface area contributed by atoms with Gasteiger partial charge in [-0.15, -0.1) is 0 Å². The van der Waals surface area contributed by atoms with Crippen molar-refractivity contribution in [2.75, 3.05) is 0 Å². The Labute approximate surface area is 84.3 Å². The first kappa shape index (κ1) is 10.5. The van der Waals surface area contributed by atoms with Crippen molar-refractivity contribution in [3.8, 4) is 6.07 Å². The largest absolute Gasteiger partial charge is 0.480 e. The zero-order chi connectivity index (χ0) is 10.7. The minimum atomic E-state index is -1.49. The highest BCUT2D eigenvalue weighted by atomic mass is 35.5. The molecule has 3 nitrogen and oxygen atoms in total. The van der Waals surface area contributed by atoms with Gasteiger partial charge in [0.25, 0.3) is 0 Å². The van der Waals surface area contributed by atoms with E-state index in [1.807, 2.05) is 0 Å². The molecule has 0 saturated carbocycles. The first-order chi connectivity index (χ1) is 6.56. The maximum absolute atomic E-state index is 13.1. The van der Waals surface area contributed by atoms with Crippen LogP contribution in [0, 0.1) is 17.1 Å². The zero-order valence-electron chi connectivity index (χ0n) is 6.87. The SMILES string of the molecule is N#CC(C(=O)O)c1ccc(Cl)cc1F. The normalized spacial score (nSPS) is 11.8. The second-order valence-corrected chi connectivity index (χ2v) is 3.00. The zero-order valence-corrected chi connectivity index (χ0v) is 7.62. The monoisotopic (exact) mass is 213 g/mol. The van der Waals surface area contributed by atoms with Gasteiger partial charge in [-0.1, -0.05) is 17.7 Å². The fourth-order valence-corrected chi connectivity index (χ4v) is 1.15. The lowest BCUT2D eigenvalue weighted by molar-refractivity contribution is -0.137. The summed E-state index contributed by atoms with van der Waals surface area (Å²) >= 11 is 5.47. The van der Waals surface area contributed by atoms with Crippen LogP contribution in [-0.4, -0.2) is 11.1 Å². The van der Waals surface area contributed by atoms with E-state index >= 15 is 0 Å². The number of hydrogen-bond donors (Lipinski definition) is 1. The lowest BCUT2D eigenvalue weighted by Crippen LogP contribution is -2.10. The number of nitrogens with zero attached hydrogens (tertiary/aromatic N) is 1.